The normalized spacial score (nSPS) is 18.9. The van der Waals surface area contributed by atoms with Crippen molar-refractivity contribution in [2.75, 3.05) is 6.54 Å². The second kappa shape index (κ2) is 4.64. The van der Waals surface area contributed by atoms with Crippen molar-refractivity contribution >= 4 is 21.6 Å². The molecule has 20 heavy (non-hydrogen) atoms. The van der Waals surface area contributed by atoms with Gasteiger partial charge in [-0.2, -0.15) is 5.10 Å². The average molecular weight is 285 g/mol. The molecule has 1 fully saturated rings. The number of aromatic amines is 1. The molecule has 2 N–H and O–H groups in total. The number of hydrogen-bond donors (Lipinski definition) is 2. The minimum Gasteiger partial charge on any atom is -0.307 e. The Morgan fingerprint density at radius 2 is 2.30 bits per heavy atom. The van der Waals surface area contributed by atoms with Crippen LogP contribution in [-0.2, 0) is 0 Å². The third-order valence-corrected chi connectivity index (χ3v) is 4.85. The maximum absolute atomic E-state index is 4.72. The van der Waals surface area contributed by atoms with E-state index in [9.17, 15) is 0 Å². The van der Waals surface area contributed by atoms with Crippen LogP contribution in [0, 0.1) is 6.92 Å². The van der Waals surface area contributed by atoms with Crippen LogP contribution in [0.1, 0.15) is 30.4 Å². The van der Waals surface area contributed by atoms with Gasteiger partial charge in [0.15, 0.2) is 0 Å². The van der Waals surface area contributed by atoms with Gasteiger partial charge in [0.1, 0.15) is 5.82 Å². The van der Waals surface area contributed by atoms with Crippen LogP contribution in [0.4, 0.5) is 0 Å². The first-order chi connectivity index (χ1) is 9.81. The highest BCUT2D eigenvalue weighted by atomic mass is 32.1. The summed E-state index contributed by atoms with van der Waals surface area (Å²) in [6.45, 7) is 3.10. The van der Waals surface area contributed by atoms with Crippen LogP contribution in [0.15, 0.2) is 18.5 Å². The molecule has 0 amide bonds. The fourth-order valence-electron chi connectivity index (χ4n) is 2.66. The molecular weight excluding hydrogens is 270 g/mol. The lowest BCUT2D eigenvalue weighted by Gasteiger charge is -2.07. The zero-order chi connectivity index (χ0) is 13.5. The number of nitrogens with zero attached hydrogens (tertiary/aromatic N) is 3. The zero-order valence-electron chi connectivity index (χ0n) is 11.2. The molecule has 0 spiro atoms. The third kappa shape index (κ3) is 1.92. The first kappa shape index (κ1) is 12.0. The van der Waals surface area contributed by atoms with Crippen molar-refractivity contribution in [3.63, 3.8) is 0 Å². The average Bonchev–Trinajstić information content (AvgIpc) is 3.17. The number of thiophene rings is 1. The van der Waals surface area contributed by atoms with E-state index in [-0.39, 0.29) is 0 Å². The lowest BCUT2D eigenvalue weighted by atomic mass is 10.2. The fourth-order valence-corrected chi connectivity index (χ4v) is 3.69. The molecular formula is C14H15N5S. The van der Waals surface area contributed by atoms with Crippen LogP contribution in [0.5, 0.6) is 0 Å². The fraction of sp³-hybridized carbons (Fsp3) is 0.357. The second-order valence-electron chi connectivity index (χ2n) is 5.15. The zero-order valence-corrected chi connectivity index (χ0v) is 12.0. The molecule has 4 rings (SSSR count). The minimum absolute atomic E-state index is 0.318. The van der Waals surface area contributed by atoms with Crippen molar-refractivity contribution in [1.82, 2.24) is 25.5 Å². The lowest BCUT2D eigenvalue weighted by molar-refractivity contribution is 0.608. The smallest absolute Gasteiger partial charge is 0.145 e. The molecule has 0 radical (unpaired) electrons. The maximum atomic E-state index is 4.72. The summed E-state index contributed by atoms with van der Waals surface area (Å²) in [6, 6.07) is 2.45. The topological polar surface area (TPSA) is 66.5 Å². The van der Waals surface area contributed by atoms with Crippen LogP contribution in [-0.4, -0.2) is 26.7 Å². The molecule has 0 saturated carbocycles. The van der Waals surface area contributed by atoms with Gasteiger partial charge >= 0.3 is 0 Å². The molecule has 1 saturated heterocycles. The molecule has 1 atom stereocenters. The van der Waals surface area contributed by atoms with Crippen molar-refractivity contribution in [2.45, 2.75) is 25.8 Å². The molecule has 1 aliphatic rings. The molecule has 0 aliphatic carbocycles. The Kier molecular flexibility index (Phi) is 2.78. The number of fused-ring (bicyclic) bond motifs is 1. The maximum Gasteiger partial charge on any atom is 0.145 e. The van der Waals surface area contributed by atoms with Crippen LogP contribution >= 0.6 is 11.3 Å². The summed E-state index contributed by atoms with van der Waals surface area (Å²) in [5.41, 5.74) is 3.26. The summed E-state index contributed by atoms with van der Waals surface area (Å²) in [6.07, 6.45) is 6.15. The Hall–Kier alpha value is -1.79. The monoisotopic (exact) mass is 285 g/mol. The summed E-state index contributed by atoms with van der Waals surface area (Å²) in [7, 11) is 0. The molecule has 1 aliphatic heterocycles. The Morgan fingerprint density at radius 3 is 3.05 bits per heavy atom. The molecule has 5 nitrogen and oxygen atoms in total. The van der Waals surface area contributed by atoms with Crippen LogP contribution in [0.2, 0.25) is 0 Å². The highest BCUT2D eigenvalue weighted by Gasteiger charge is 2.19. The van der Waals surface area contributed by atoms with Gasteiger partial charge in [0.2, 0.25) is 0 Å². The first-order valence-corrected chi connectivity index (χ1v) is 7.63. The third-order valence-electron chi connectivity index (χ3n) is 3.76. The van der Waals surface area contributed by atoms with Crippen molar-refractivity contribution < 1.29 is 0 Å². The van der Waals surface area contributed by atoms with Crippen LogP contribution in [0.25, 0.3) is 20.7 Å². The van der Waals surface area contributed by atoms with Gasteiger partial charge in [-0.05, 0) is 32.4 Å². The highest BCUT2D eigenvalue weighted by Crippen LogP contribution is 2.34. The van der Waals surface area contributed by atoms with Gasteiger partial charge < -0.3 is 5.32 Å². The Morgan fingerprint density at radius 1 is 1.35 bits per heavy atom. The summed E-state index contributed by atoms with van der Waals surface area (Å²) >= 11 is 1.72. The Bertz CT molecular complexity index is 754. The molecule has 102 valence electrons. The van der Waals surface area contributed by atoms with E-state index >= 15 is 0 Å². The Balaban J connectivity index is 1.77. The number of H-pyrrole nitrogens is 1. The van der Waals surface area contributed by atoms with E-state index in [0.29, 0.717) is 6.04 Å². The van der Waals surface area contributed by atoms with Gasteiger partial charge in [-0.25, -0.2) is 9.97 Å². The largest absolute Gasteiger partial charge is 0.307 e. The predicted molar refractivity (Wildman–Crippen MR) is 79.7 cm³/mol. The molecule has 3 aromatic rings. The van der Waals surface area contributed by atoms with Crippen molar-refractivity contribution in [3.8, 4) is 10.4 Å². The minimum atomic E-state index is 0.318. The van der Waals surface area contributed by atoms with E-state index in [2.05, 4.69) is 26.6 Å². The highest BCUT2D eigenvalue weighted by molar-refractivity contribution is 7.22. The quantitative estimate of drug-likeness (QED) is 0.760. The van der Waals surface area contributed by atoms with E-state index in [0.717, 1.165) is 40.3 Å². The number of nitrogens with one attached hydrogen (secondary N) is 2. The van der Waals surface area contributed by atoms with Gasteiger partial charge in [0.05, 0.1) is 22.5 Å². The van der Waals surface area contributed by atoms with Gasteiger partial charge in [-0.15, -0.1) is 11.3 Å². The number of hydrogen-bond acceptors (Lipinski definition) is 5. The molecule has 6 heteroatoms. The number of aromatic nitrogens is 4. The van der Waals surface area contributed by atoms with Gasteiger partial charge in [0, 0.05) is 22.3 Å². The first-order valence-electron chi connectivity index (χ1n) is 6.81. The molecule has 0 unspecified atom stereocenters. The van der Waals surface area contributed by atoms with Crippen LogP contribution < -0.4 is 5.32 Å². The van der Waals surface area contributed by atoms with Gasteiger partial charge in [-0.3, -0.25) is 5.10 Å². The standard InChI is InChI=1S/C14H15N5S/c1-8-9(6-17-19-8)12-5-11-13(20-12)7-16-14(18-11)10-3-2-4-15-10/h5-7,10,15H,2-4H2,1H3,(H,17,19)/t10-/m1/s1. The van der Waals surface area contributed by atoms with E-state index in [1.165, 1.54) is 11.3 Å². The summed E-state index contributed by atoms with van der Waals surface area (Å²) in [5, 5.41) is 10.5. The number of rotatable bonds is 2. The van der Waals surface area contributed by atoms with E-state index in [4.69, 9.17) is 4.98 Å². The summed E-state index contributed by atoms with van der Waals surface area (Å²) in [4.78, 5) is 10.4. The van der Waals surface area contributed by atoms with Crippen LogP contribution in [0.3, 0.4) is 0 Å². The predicted octanol–water partition coefficient (Wildman–Crippen LogP) is 2.81. The summed E-state index contributed by atoms with van der Waals surface area (Å²) < 4.78 is 1.13. The molecule has 0 aromatic carbocycles. The van der Waals surface area contributed by atoms with Crippen molar-refractivity contribution in [3.05, 3.63) is 30.0 Å². The lowest BCUT2D eigenvalue weighted by Crippen LogP contribution is -2.15. The molecule has 4 heterocycles. The summed E-state index contributed by atoms with van der Waals surface area (Å²) in [5.74, 6) is 0.920. The molecule has 3 aromatic heterocycles. The van der Waals surface area contributed by atoms with Gasteiger partial charge in [0.25, 0.3) is 0 Å². The second-order valence-corrected chi connectivity index (χ2v) is 6.23. The van der Waals surface area contributed by atoms with Crippen molar-refractivity contribution in [1.29, 1.82) is 0 Å². The van der Waals surface area contributed by atoms with Gasteiger partial charge in [-0.1, -0.05) is 0 Å². The SMILES string of the molecule is Cc1[nH]ncc1-c1cc2nc([C@H]3CCCN3)ncc2s1. The Labute approximate surface area is 120 Å². The van der Waals surface area contributed by atoms with E-state index < -0.39 is 0 Å². The molecule has 0 bridgehead atoms. The van der Waals surface area contributed by atoms with E-state index in [1.54, 1.807) is 11.3 Å². The number of aryl methyl sites for hydroxylation is 1. The van der Waals surface area contributed by atoms with Crippen molar-refractivity contribution in [2.24, 2.45) is 0 Å². The van der Waals surface area contributed by atoms with E-state index in [1.807, 2.05) is 19.3 Å².